The Morgan fingerprint density at radius 1 is 1.26 bits per heavy atom. The molecule has 106 valence electrons. The van der Waals surface area contributed by atoms with E-state index in [1.54, 1.807) is 11.3 Å². The highest BCUT2D eigenvalue weighted by Gasteiger charge is 2.26. The quantitative estimate of drug-likeness (QED) is 0.840. The maximum atomic E-state index is 11.6. The minimum atomic E-state index is -2.86. The summed E-state index contributed by atoms with van der Waals surface area (Å²) in [5.41, 5.74) is 7.25. The van der Waals surface area contributed by atoms with Crippen LogP contribution in [0.5, 0.6) is 0 Å². The van der Waals surface area contributed by atoms with Crippen LogP contribution >= 0.6 is 11.3 Å². The molecule has 1 atom stereocenters. The monoisotopic (exact) mass is 301 g/mol. The number of anilines is 1. The van der Waals surface area contributed by atoms with Crippen molar-refractivity contribution in [2.45, 2.75) is 31.7 Å². The first-order chi connectivity index (χ1) is 9.05. The number of aromatic nitrogens is 1. The van der Waals surface area contributed by atoms with Gasteiger partial charge in [0.05, 0.1) is 17.2 Å². The van der Waals surface area contributed by atoms with Crippen LogP contribution in [0.3, 0.4) is 0 Å². The summed E-state index contributed by atoms with van der Waals surface area (Å²) in [6.07, 6.45) is 3.83. The van der Waals surface area contributed by atoms with Gasteiger partial charge in [-0.1, -0.05) is 11.3 Å². The number of aryl methyl sites for hydroxylation is 1. The van der Waals surface area contributed by atoms with Crippen LogP contribution in [-0.2, 0) is 16.3 Å². The van der Waals surface area contributed by atoms with Crippen LogP contribution in [0.25, 0.3) is 0 Å². The largest absolute Gasteiger partial charge is 0.347 e. The average Bonchev–Trinajstić information content (AvgIpc) is 2.70. The third kappa shape index (κ3) is 2.78. The van der Waals surface area contributed by atoms with Gasteiger partial charge in [-0.3, -0.25) is 0 Å². The zero-order chi connectivity index (χ0) is 13.5. The van der Waals surface area contributed by atoms with E-state index in [0.717, 1.165) is 36.6 Å². The van der Waals surface area contributed by atoms with E-state index in [1.165, 1.54) is 4.88 Å². The van der Waals surface area contributed by atoms with Gasteiger partial charge in [0.2, 0.25) is 0 Å². The molecule has 7 heteroatoms. The van der Waals surface area contributed by atoms with Crippen molar-refractivity contribution >= 4 is 26.3 Å². The molecule has 1 aliphatic carbocycles. The molecule has 3 rings (SSSR count). The highest BCUT2D eigenvalue weighted by molar-refractivity contribution is 7.91. The molecule has 0 aromatic carbocycles. The molecule has 1 unspecified atom stereocenters. The molecule has 2 N–H and O–H groups in total. The molecule has 1 aliphatic heterocycles. The lowest BCUT2D eigenvalue weighted by molar-refractivity contribution is 0.573. The molecule has 2 heterocycles. The van der Waals surface area contributed by atoms with Crippen molar-refractivity contribution in [2.24, 2.45) is 5.73 Å². The van der Waals surface area contributed by atoms with E-state index < -0.39 is 9.84 Å². The fraction of sp³-hybridized carbons (Fsp3) is 0.750. The molecule has 2 aliphatic rings. The molecule has 0 amide bonds. The normalized spacial score (nSPS) is 26.8. The summed E-state index contributed by atoms with van der Waals surface area (Å²) in [4.78, 5) is 8.00. The van der Waals surface area contributed by atoms with Crippen LogP contribution in [0.15, 0.2) is 0 Å². The molecule has 0 radical (unpaired) electrons. The van der Waals surface area contributed by atoms with E-state index in [0.29, 0.717) is 18.7 Å². The molecule has 19 heavy (non-hydrogen) atoms. The van der Waals surface area contributed by atoms with Gasteiger partial charge < -0.3 is 10.6 Å². The number of fused-ring (bicyclic) bond motifs is 1. The van der Waals surface area contributed by atoms with E-state index in [4.69, 9.17) is 5.73 Å². The molecule has 1 aromatic heterocycles. The minimum Gasteiger partial charge on any atom is -0.347 e. The molecule has 5 nitrogen and oxygen atoms in total. The third-order valence-corrected chi connectivity index (χ3v) is 6.81. The highest BCUT2D eigenvalue weighted by atomic mass is 32.2. The topological polar surface area (TPSA) is 76.3 Å². The fourth-order valence-electron chi connectivity index (χ4n) is 2.70. The number of rotatable bonds is 1. The second kappa shape index (κ2) is 5.03. The van der Waals surface area contributed by atoms with Gasteiger partial charge in [-0.2, -0.15) is 0 Å². The molecule has 1 fully saturated rings. The van der Waals surface area contributed by atoms with Crippen LogP contribution in [0, 0.1) is 0 Å². The Morgan fingerprint density at radius 3 is 2.89 bits per heavy atom. The predicted octanol–water partition coefficient (Wildman–Crippen LogP) is 1.10. The predicted molar refractivity (Wildman–Crippen MR) is 77.5 cm³/mol. The van der Waals surface area contributed by atoms with Crippen molar-refractivity contribution in [2.75, 3.05) is 29.5 Å². The van der Waals surface area contributed by atoms with Crippen molar-refractivity contribution in [1.29, 1.82) is 0 Å². The molecule has 0 bridgehead atoms. The summed E-state index contributed by atoms with van der Waals surface area (Å²) < 4.78 is 23.3. The zero-order valence-corrected chi connectivity index (χ0v) is 12.5. The number of thiazole rings is 1. The highest BCUT2D eigenvalue weighted by Crippen LogP contribution is 2.36. The second-order valence-corrected chi connectivity index (χ2v) is 8.61. The van der Waals surface area contributed by atoms with Gasteiger partial charge in [0.25, 0.3) is 0 Å². The molecule has 1 saturated heterocycles. The third-order valence-electron chi connectivity index (χ3n) is 3.81. The Balaban J connectivity index is 1.83. The van der Waals surface area contributed by atoms with Gasteiger partial charge in [0.1, 0.15) is 0 Å². The van der Waals surface area contributed by atoms with Gasteiger partial charge in [-0.15, -0.1) is 0 Å². The SMILES string of the molecule is NC1CCCc2nc(N3CCCS(=O)(=O)CC3)sc21. The van der Waals surface area contributed by atoms with Crippen LogP contribution in [0.1, 0.15) is 35.9 Å². The Hall–Kier alpha value is -0.660. The summed E-state index contributed by atoms with van der Waals surface area (Å²) in [6.45, 7) is 1.34. The van der Waals surface area contributed by atoms with Gasteiger partial charge in [0, 0.05) is 24.0 Å². The molecular weight excluding hydrogens is 282 g/mol. The number of hydrogen-bond acceptors (Lipinski definition) is 6. The summed E-state index contributed by atoms with van der Waals surface area (Å²) in [5.74, 6) is 0.539. The van der Waals surface area contributed by atoms with Gasteiger partial charge >= 0.3 is 0 Å². The standard InChI is InChI=1S/C12H19N3O2S2/c13-9-3-1-4-10-11(9)18-12(14-10)15-5-2-7-19(16,17)8-6-15/h9H,1-8,13H2. The summed E-state index contributed by atoms with van der Waals surface area (Å²) >= 11 is 1.65. The van der Waals surface area contributed by atoms with E-state index in [-0.39, 0.29) is 11.8 Å². The lowest BCUT2D eigenvalue weighted by Gasteiger charge is -2.18. The summed E-state index contributed by atoms with van der Waals surface area (Å²) in [7, 11) is -2.86. The van der Waals surface area contributed by atoms with Crippen molar-refractivity contribution in [3.05, 3.63) is 10.6 Å². The summed E-state index contributed by atoms with van der Waals surface area (Å²) in [5, 5.41) is 0.958. The lowest BCUT2D eigenvalue weighted by atomic mass is 9.99. The number of sulfone groups is 1. The first kappa shape index (κ1) is 13.3. The lowest BCUT2D eigenvalue weighted by Crippen LogP contribution is -2.26. The molecule has 0 spiro atoms. The Kier molecular flexibility index (Phi) is 3.53. The Labute approximate surface area is 117 Å². The number of nitrogens with zero attached hydrogens (tertiary/aromatic N) is 2. The molecular formula is C12H19N3O2S2. The first-order valence-electron chi connectivity index (χ1n) is 6.76. The van der Waals surface area contributed by atoms with Crippen molar-refractivity contribution in [3.8, 4) is 0 Å². The van der Waals surface area contributed by atoms with Crippen molar-refractivity contribution in [1.82, 2.24) is 4.98 Å². The van der Waals surface area contributed by atoms with Crippen LogP contribution in [0.4, 0.5) is 5.13 Å². The number of nitrogens with two attached hydrogens (primary N) is 1. The van der Waals surface area contributed by atoms with Gasteiger partial charge in [-0.25, -0.2) is 13.4 Å². The fourth-order valence-corrected chi connectivity index (χ4v) is 5.18. The maximum Gasteiger partial charge on any atom is 0.185 e. The van der Waals surface area contributed by atoms with Crippen molar-refractivity contribution < 1.29 is 8.42 Å². The average molecular weight is 301 g/mol. The summed E-state index contributed by atoms with van der Waals surface area (Å²) in [6, 6.07) is 0.116. The minimum absolute atomic E-state index is 0.116. The van der Waals surface area contributed by atoms with Gasteiger partial charge in [-0.05, 0) is 25.7 Å². The van der Waals surface area contributed by atoms with E-state index in [2.05, 4.69) is 9.88 Å². The van der Waals surface area contributed by atoms with E-state index >= 15 is 0 Å². The Morgan fingerprint density at radius 2 is 2.11 bits per heavy atom. The molecule has 0 saturated carbocycles. The van der Waals surface area contributed by atoms with Gasteiger partial charge in [0.15, 0.2) is 15.0 Å². The second-order valence-electron chi connectivity index (χ2n) is 5.30. The zero-order valence-electron chi connectivity index (χ0n) is 10.8. The van der Waals surface area contributed by atoms with E-state index in [1.807, 2.05) is 0 Å². The van der Waals surface area contributed by atoms with Crippen LogP contribution in [0.2, 0.25) is 0 Å². The van der Waals surface area contributed by atoms with Crippen LogP contribution in [-0.4, -0.2) is 38.0 Å². The van der Waals surface area contributed by atoms with Crippen molar-refractivity contribution in [3.63, 3.8) is 0 Å². The van der Waals surface area contributed by atoms with Crippen LogP contribution < -0.4 is 10.6 Å². The first-order valence-corrected chi connectivity index (χ1v) is 9.39. The maximum absolute atomic E-state index is 11.6. The molecule has 1 aromatic rings. The van der Waals surface area contributed by atoms with E-state index in [9.17, 15) is 8.42 Å². The number of hydrogen-bond donors (Lipinski definition) is 1. The smallest absolute Gasteiger partial charge is 0.185 e. The Bertz CT molecular complexity index is 568.